The number of fused-ring (bicyclic) bond motifs is 1. The highest BCUT2D eigenvalue weighted by atomic mass is 16.6. The number of nitrogens with one attached hydrogen (secondary N) is 2. The smallest absolute Gasteiger partial charge is 0.246 e. The van der Waals surface area contributed by atoms with Crippen molar-refractivity contribution in [1.82, 2.24) is 0 Å². The Kier molecular flexibility index (Phi) is 5.55. The van der Waals surface area contributed by atoms with Crippen molar-refractivity contribution in [1.29, 1.82) is 0 Å². The van der Waals surface area contributed by atoms with Crippen molar-refractivity contribution in [3.05, 3.63) is 42.5 Å². The number of hydrogen-bond acceptors (Lipinski definition) is 5. The van der Waals surface area contributed by atoms with Gasteiger partial charge in [-0.1, -0.05) is 0 Å². The minimum absolute atomic E-state index is 0.100. The van der Waals surface area contributed by atoms with Crippen LogP contribution in [0.3, 0.4) is 0 Å². The second kappa shape index (κ2) is 8.42. The minimum Gasteiger partial charge on any atom is -0.486 e. The van der Waals surface area contributed by atoms with Gasteiger partial charge in [0.1, 0.15) is 19.3 Å². The van der Waals surface area contributed by atoms with Crippen LogP contribution >= 0.6 is 0 Å². The maximum atomic E-state index is 12.5. The van der Waals surface area contributed by atoms with E-state index in [0.717, 1.165) is 18.8 Å². The lowest BCUT2D eigenvalue weighted by Crippen LogP contribution is -2.32. The van der Waals surface area contributed by atoms with Crippen LogP contribution in [-0.4, -0.2) is 38.3 Å². The topological polar surface area (TPSA) is 62.8 Å². The molecular weight excluding hydrogens is 354 g/mol. The molecule has 148 valence electrons. The number of ether oxygens (including phenoxy) is 2. The first-order valence-corrected chi connectivity index (χ1v) is 10.0. The van der Waals surface area contributed by atoms with E-state index in [0.29, 0.717) is 30.4 Å². The predicted molar refractivity (Wildman–Crippen MR) is 112 cm³/mol. The van der Waals surface area contributed by atoms with Crippen molar-refractivity contribution >= 4 is 23.0 Å². The van der Waals surface area contributed by atoms with Gasteiger partial charge in [0.2, 0.25) is 5.91 Å². The molecule has 2 aromatic rings. The third kappa shape index (κ3) is 4.32. The average molecular weight is 381 g/mol. The lowest BCUT2D eigenvalue weighted by atomic mass is 10.1. The van der Waals surface area contributed by atoms with E-state index in [-0.39, 0.29) is 11.9 Å². The van der Waals surface area contributed by atoms with Crippen LogP contribution in [0.2, 0.25) is 0 Å². The Hall–Kier alpha value is -2.89. The van der Waals surface area contributed by atoms with Gasteiger partial charge < -0.3 is 25.0 Å². The molecule has 2 aliphatic heterocycles. The molecule has 6 heteroatoms. The molecule has 4 rings (SSSR count). The molecule has 2 heterocycles. The zero-order valence-corrected chi connectivity index (χ0v) is 16.2. The van der Waals surface area contributed by atoms with Crippen molar-refractivity contribution in [3.8, 4) is 11.5 Å². The number of nitrogens with zero attached hydrogens (tertiary/aromatic N) is 1. The lowest BCUT2D eigenvalue weighted by Gasteiger charge is -2.29. The maximum Gasteiger partial charge on any atom is 0.246 e. The molecule has 2 aliphatic rings. The van der Waals surface area contributed by atoms with E-state index in [1.54, 1.807) is 6.07 Å². The summed E-state index contributed by atoms with van der Waals surface area (Å²) in [5.41, 5.74) is 2.88. The van der Waals surface area contributed by atoms with Crippen molar-refractivity contribution in [2.24, 2.45) is 0 Å². The third-order valence-electron chi connectivity index (χ3n) is 5.17. The highest BCUT2D eigenvalue weighted by Crippen LogP contribution is 2.32. The zero-order chi connectivity index (χ0) is 19.3. The fourth-order valence-electron chi connectivity index (χ4n) is 3.61. The molecule has 28 heavy (non-hydrogen) atoms. The van der Waals surface area contributed by atoms with E-state index in [1.807, 2.05) is 31.2 Å². The zero-order valence-electron chi connectivity index (χ0n) is 16.2. The van der Waals surface area contributed by atoms with Crippen LogP contribution in [0.5, 0.6) is 11.5 Å². The standard InChI is InChI=1S/C22H27N3O3/c1-16(22(26)24-18-7-10-20-21(15-18)28-14-13-27-20)23-17-5-8-19(9-6-17)25-11-3-2-4-12-25/h5-10,15-16,23H,2-4,11-14H2,1H3,(H,24,26)/t16-/m0/s1. The highest BCUT2D eigenvalue weighted by molar-refractivity contribution is 5.96. The monoisotopic (exact) mass is 381 g/mol. The summed E-state index contributed by atoms with van der Waals surface area (Å²) in [6, 6.07) is 13.4. The summed E-state index contributed by atoms with van der Waals surface area (Å²) in [4.78, 5) is 15.0. The number of amides is 1. The van der Waals surface area contributed by atoms with Crippen LogP contribution in [0.15, 0.2) is 42.5 Å². The van der Waals surface area contributed by atoms with Crippen molar-refractivity contribution in [3.63, 3.8) is 0 Å². The second-order valence-corrected chi connectivity index (χ2v) is 7.31. The number of rotatable bonds is 5. The first kappa shape index (κ1) is 18.5. The largest absolute Gasteiger partial charge is 0.486 e. The Bertz CT molecular complexity index is 816. The molecule has 0 saturated carbocycles. The van der Waals surface area contributed by atoms with Crippen LogP contribution in [0.1, 0.15) is 26.2 Å². The molecule has 2 aromatic carbocycles. The number of carbonyl (C=O) groups excluding carboxylic acids is 1. The molecule has 1 amide bonds. The van der Waals surface area contributed by atoms with Crippen molar-refractivity contribution in [2.45, 2.75) is 32.2 Å². The molecule has 6 nitrogen and oxygen atoms in total. The number of hydrogen-bond donors (Lipinski definition) is 2. The Morgan fingerprint density at radius 2 is 1.61 bits per heavy atom. The van der Waals surface area contributed by atoms with Gasteiger partial charge in [0.15, 0.2) is 11.5 Å². The molecule has 0 bridgehead atoms. The van der Waals surface area contributed by atoms with E-state index >= 15 is 0 Å². The van der Waals surface area contributed by atoms with Crippen LogP contribution < -0.4 is 25.0 Å². The summed E-state index contributed by atoms with van der Waals surface area (Å²) >= 11 is 0. The van der Waals surface area contributed by atoms with E-state index in [2.05, 4.69) is 27.7 Å². The van der Waals surface area contributed by atoms with Crippen LogP contribution in [-0.2, 0) is 4.79 Å². The Labute approximate surface area is 165 Å². The summed E-state index contributed by atoms with van der Waals surface area (Å²) in [6.45, 7) is 5.18. The van der Waals surface area contributed by atoms with Gasteiger partial charge in [-0.3, -0.25) is 4.79 Å². The molecule has 1 fully saturated rings. The van der Waals surface area contributed by atoms with E-state index in [1.165, 1.54) is 24.9 Å². The van der Waals surface area contributed by atoms with E-state index < -0.39 is 0 Å². The highest BCUT2D eigenvalue weighted by Gasteiger charge is 2.16. The normalized spacial score (nSPS) is 17.0. The van der Waals surface area contributed by atoms with Gasteiger partial charge >= 0.3 is 0 Å². The summed E-state index contributed by atoms with van der Waals surface area (Å²) in [5.74, 6) is 1.28. The number of anilines is 3. The fraction of sp³-hybridized carbons (Fsp3) is 0.409. The molecule has 0 aliphatic carbocycles. The van der Waals surface area contributed by atoms with Gasteiger partial charge in [-0.25, -0.2) is 0 Å². The molecule has 0 spiro atoms. The first-order chi connectivity index (χ1) is 13.7. The van der Waals surface area contributed by atoms with Crippen LogP contribution in [0, 0.1) is 0 Å². The predicted octanol–water partition coefficient (Wildman–Crippen LogP) is 3.89. The molecule has 1 saturated heterocycles. The van der Waals surface area contributed by atoms with Gasteiger partial charge in [0.05, 0.1) is 0 Å². The summed E-state index contributed by atoms with van der Waals surface area (Å²) in [5, 5.41) is 6.20. The number of benzene rings is 2. The molecular formula is C22H27N3O3. The second-order valence-electron chi connectivity index (χ2n) is 7.31. The number of carbonyl (C=O) groups is 1. The third-order valence-corrected chi connectivity index (χ3v) is 5.17. The maximum absolute atomic E-state index is 12.5. The van der Waals surface area contributed by atoms with Gasteiger partial charge in [-0.15, -0.1) is 0 Å². The minimum atomic E-state index is -0.367. The van der Waals surface area contributed by atoms with Gasteiger partial charge in [-0.05, 0) is 62.6 Å². The summed E-state index contributed by atoms with van der Waals surface area (Å²) < 4.78 is 11.1. The molecule has 2 N–H and O–H groups in total. The quantitative estimate of drug-likeness (QED) is 0.823. The van der Waals surface area contributed by atoms with Crippen molar-refractivity contribution < 1.29 is 14.3 Å². The SMILES string of the molecule is C[C@H](Nc1ccc(N2CCCCC2)cc1)C(=O)Nc1ccc2c(c1)OCCO2. The van der Waals surface area contributed by atoms with Gasteiger partial charge in [0, 0.05) is 36.2 Å². The number of piperidine rings is 1. The summed E-state index contributed by atoms with van der Waals surface area (Å²) in [6.07, 6.45) is 3.85. The fourth-order valence-corrected chi connectivity index (χ4v) is 3.61. The lowest BCUT2D eigenvalue weighted by molar-refractivity contribution is -0.116. The molecule has 1 atom stereocenters. The average Bonchev–Trinajstić information content (AvgIpc) is 2.75. The molecule has 0 radical (unpaired) electrons. The van der Waals surface area contributed by atoms with E-state index in [9.17, 15) is 4.79 Å². The Balaban J connectivity index is 1.34. The Morgan fingerprint density at radius 1 is 0.929 bits per heavy atom. The first-order valence-electron chi connectivity index (χ1n) is 10.0. The van der Waals surface area contributed by atoms with Crippen LogP contribution in [0.25, 0.3) is 0 Å². The molecule has 0 aromatic heterocycles. The van der Waals surface area contributed by atoms with Crippen molar-refractivity contribution in [2.75, 3.05) is 41.8 Å². The van der Waals surface area contributed by atoms with E-state index in [4.69, 9.17) is 9.47 Å². The molecule has 0 unspecified atom stereocenters. The van der Waals surface area contributed by atoms with Gasteiger partial charge in [-0.2, -0.15) is 0 Å². The van der Waals surface area contributed by atoms with Crippen LogP contribution in [0.4, 0.5) is 17.1 Å². The summed E-state index contributed by atoms with van der Waals surface area (Å²) in [7, 11) is 0. The van der Waals surface area contributed by atoms with Gasteiger partial charge in [0.25, 0.3) is 0 Å². The Morgan fingerprint density at radius 3 is 2.36 bits per heavy atom.